The molecule has 1 heterocycles. The van der Waals surface area contributed by atoms with Crippen LogP contribution in [0.2, 0.25) is 0 Å². The summed E-state index contributed by atoms with van der Waals surface area (Å²) in [6.45, 7) is 2.58. The number of hydrogen-bond acceptors (Lipinski definition) is 3. The van der Waals surface area contributed by atoms with Gasteiger partial charge in [-0.05, 0) is 37.5 Å². The number of benzene rings is 1. The van der Waals surface area contributed by atoms with Crippen LogP contribution in [-0.4, -0.2) is 24.6 Å². The van der Waals surface area contributed by atoms with Crippen molar-refractivity contribution in [3.63, 3.8) is 0 Å². The summed E-state index contributed by atoms with van der Waals surface area (Å²) < 4.78 is 5.60. The molecule has 0 atom stereocenters. The fourth-order valence-electron chi connectivity index (χ4n) is 1.88. The van der Waals surface area contributed by atoms with E-state index in [4.69, 9.17) is 4.42 Å². The zero-order chi connectivity index (χ0) is 13.7. The number of anilines is 1. The first-order valence-electron chi connectivity index (χ1n) is 6.23. The maximum absolute atomic E-state index is 11.8. The second-order valence-corrected chi connectivity index (χ2v) is 5.29. The van der Waals surface area contributed by atoms with Gasteiger partial charge in [0.1, 0.15) is 5.76 Å². The molecule has 0 spiro atoms. The number of aryl methyl sites for hydroxylation is 1. The standard InChI is InChI=1S/C14H18N2O2S/c1-10-9-11-5-3-6-12(13(11)18-10)16-14(17)15-7-4-8-19-2/h3,5-6,9H,4,7-8H2,1-2H3,(H2,15,16,17). The van der Waals surface area contributed by atoms with E-state index in [2.05, 4.69) is 16.9 Å². The van der Waals surface area contributed by atoms with Crippen molar-refractivity contribution in [3.05, 3.63) is 30.0 Å². The highest BCUT2D eigenvalue weighted by Gasteiger charge is 2.08. The lowest BCUT2D eigenvalue weighted by molar-refractivity contribution is 0.252. The SMILES string of the molecule is CSCCCNC(=O)Nc1cccc2cc(C)oc12. The molecule has 0 saturated carbocycles. The van der Waals surface area contributed by atoms with Gasteiger partial charge in [0.25, 0.3) is 0 Å². The topological polar surface area (TPSA) is 54.3 Å². The second kappa shape index (κ2) is 6.52. The molecule has 0 aliphatic carbocycles. The maximum atomic E-state index is 11.8. The van der Waals surface area contributed by atoms with Crippen LogP contribution >= 0.6 is 11.8 Å². The van der Waals surface area contributed by atoms with Crippen LogP contribution in [0.4, 0.5) is 10.5 Å². The first kappa shape index (κ1) is 13.8. The van der Waals surface area contributed by atoms with E-state index in [0.717, 1.165) is 28.9 Å². The first-order chi connectivity index (χ1) is 9.20. The van der Waals surface area contributed by atoms with Crippen molar-refractivity contribution in [2.45, 2.75) is 13.3 Å². The van der Waals surface area contributed by atoms with Gasteiger partial charge in [-0.15, -0.1) is 0 Å². The van der Waals surface area contributed by atoms with Gasteiger partial charge in [0, 0.05) is 11.9 Å². The van der Waals surface area contributed by atoms with E-state index in [0.29, 0.717) is 12.2 Å². The Kier molecular flexibility index (Phi) is 4.74. The number of furan rings is 1. The number of nitrogens with one attached hydrogen (secondary N) is 2. The zero-order valence-electron chi connectivity index (χ0n) is 11.2. The van der Waals surface area contributed by atoms with E-state index >= 15 is 0 Å². The third-order valence-electron chi connectivity index (χ3n) is 2.73. The van der Waals surface area contributed by atoms with Crippen molar-refractivity contribution in [1.82, 2.24) is 5.32 Å². The second-order valence-electron chi connectivity index (χ2n) is 4.31. The average Bonchev–Trinajstić information content (AvgIpc) is 2.76. The molecule has 102 valence electrons. The van der Waals surface area contributed by atoms with Gasteiger partial charge in [-0.25, -0.2) is 4.79 Å². The maximum Gasteiger partial charge on any atom is 0.319 e. The van der Waals surface area contributed by atoms with Crippen LogP contribution in [0.3, 0.4) is 0 Å². The van der Waals surface area contributed by atoms with E-state index < -0.39 is 0 Å². The third-order valence-corrected chi connectivity index (χ3v) is 3.42. The number of urea groups is 1. The quantitative estimate of drug-likeness (QED) is 0.821. The minimum atomic E-state index is -0.192. The van der Waals surface area contributed by atoms with E-state index in [-0.39, 0.29) is 6.03 Å². The lowest BCUT2D eigenvalue weighted by atomic mass is 10.2. The van der Waals surface area contributed by atoms with Crippen LogP contribution in [0.25, 0.3) is 11.0 Å². The average molecular weight is 278 g/mol. The van der Waals surface area contributed by atoms with Crippen LogP contribution in [0.5, 0.6) is 0 Å². The molecule has 0 aliphatic rings. The molecular weight excluding hydrogens is 260 g/mol. The van der Waals surface area contributed by atoms with Gasteiger partial charge in [-0.3, -0.25) is 0 Å². The van der Waals surface area contributed by atoms with Crippen LogP contribution in [0.1, 0.15) is 12.2 Å². The van der Waals surface area contributed by atoms with E-state index in [1.807, 2.05) is 31.2 Å². The normalized spacial score (nSPS) is 10.6. The first-order valence-corrected chi connectivity index (χ1v) is 7.63. The van der Waals surface area contributed by atoms with Crippen LogP contribution in [0, 0.1) is 6.92 Å². The number of fused-ring (bicyclic) bond motifs is 1. The van der Waals surface area contributed by atoms with Gasteiger partial charge in [0.15, 0.2) is 5.58 Å². The van der Waals surface area contributed by atoms with Crippen LogP contribution in [-0.2, 0) is 0 Å². The third kappa shape index (κ3) is 3.67. The van der Waals surface area contributed by atoms with Gasteiger partial charge in [0.2, 0.25) is 0 Å². The minimum Gasteiger partial charge on any atom is -0.459 e. The molecule has 2 N–H and O–H groups in total. The monoisotopic (exact) mass is 278 g/mol. The van der Waals surface area contributed by atoms with E-state index in [1.165, 1.54) is 0 Å². The zero-order valence-corrected chi connectivity index (χ0v) is 12.0. The number of thioether (sulfide) groups is 1. The molecule has 0 fully saturated rings. The van der Waals surface area contributed by atoms with Gasteiger partial charge in [0.05, 0.1) is 5.69 Å². The van der Waals surface area contributed by atoms with Crippen LogP contribution < -0.4 is 10.6 Å². The van der Waals surface area contributed by atoms with Gasteiger partial charge >= 0.3 is 6.03 Å². The highest BCUT2D eigenvalue weighted by atomic mass is 32.2. The molecule has 0 saturated heterocycles. The minimum absolute atomic E-state index is 0.192. The lowest BCUT2D eigenvalue weighted by Crippen LogP contribution is -2.29. The summed E-state index contributed by atoms with van der Waals surface area (Å²) in [7, 11) is 0. The Morgan fingerprint density at radius 2 is 2.26 bits per heavy atom. The smallest absolute Gasteiger partial charge is 0.319 e. The molecule has 1 aromatic heterocycles. The number of carbonyl (C=O) groups excluding carboxylic acids is 1. The number of rotatable bonds is 5. The van der Waals surface area contributed by atoms with Crippen molar-refractivity contribution in [1.29, 1.82) is 0 Å². The molecule has 0 radical (unpaired) electrons. The molecule has 2 amide bonds. The Bertz CT molecular complexity index is 566. The Morgan fingerprint density at radius 1 is 1.42 bits per heavy atom. The summed E-state index contributed by atoms with van der Waals surface area (Å²) in [5.41, 5.74) is 1.42. The molecule has 0 unspecified atom stereocenters. The molecule has 1 aromatic carbocycles. The summed E-state index contributed by atoms with van der Waals surface area (Å²) in [4.78, 5) is 11.8. The number of para-hydroxylation sites is 1. The summed E-state index contributed by atoms with van der Waals surface area (Å²) in [6.07, 6.45) is 3.03. The molecular formula is C14H18N2O2S. The molecule has 4 nitrogen and oxygen atoms in total. The predicted octanol–water partition coefficient (Wildman–Crippen LogP) is 3.62. The summed E-state index contributed by atoms with van der Waals surface area (Å²) in [5, 5.41) is 6.65. The van der Waals surface area contributed by atoms with E-state index in [1.54, 1.807) is 11.8 Å². The lowest BCUT2D eigenvalue weighted by Gasteiger charge is -2.07. The Labute approximate surface area is 116 Å². The summed E-state index contributed by atoms with van der Waals surface area (Å²) in [5.74, 6) is 1.89. The Hall–Kier alpha value is -1.62. The number of hydrogen-bond donors (Lipinski definition) is 2. The van der Waals surface area contributed by atoms with Crippen molar-refractivity contribution in [2.24, 2.45) is 0 Å². The van der Waals surface area contributed by atoms with Gasteiger partial charge in [-0.1, -0.05) is 12.1 Å². The fourth-order valence-corrected chi connectivity index (χ4v) is 2.31. The van der Waals surface area contributed by atoms with Crippen molar-refractivity contribution in [2.75, 3.05) is 23.9 Å². The van der Waals surface area contributed by atoms with Crippen molar-refractivity contribution < 1.29 is 9.21 Å². The number of carbonyl (C=O) groups is 1. The molecule has 5 heteroatoms. The molecule has 0 bridgehead atoms. The van der Waals surface area contributed by atoms with Crippen molar-refractivity contribution >= 4 is 34.4 Å². The molecule has 2 aromatic rings. The van der Waals surface area contributed by atoms with Crippen LogP contribution in [0.15, 0.2) is 28.7 Å². The summed E-state index contributed by atoms with van der Waals surface area (Å²) >= 11 is 1.78. The predicted molar refractivity (Wildman–Crippen MR) is 81.0 cm³/mol. The number of amides is 2. The Balaban J connectivity index is 1.98. The molecule has 19 heavy (non-hydrogen) atoms. The highest BCUT2D eigenvalue weighted by Crippen LogP contribution is 2.26. The fraction of sp³-hybridized carbons (Fsp3) is 0.357. The van der Waals surface area contributed by atoms with E-state index in [9.17, 15) is 4.79 Å². The largest absolute Gasteiger partial charge is 0.459 e. The highest BCUT2D eigenvalue weighted by molar-refractivity contribution is 7.98. The van der Waals surface area contributed by atoms with Gasteiger partial charge in [-0.2, -0.15) is 11.8 Å². The summed E-state index contributed by atoms with van der Waals surface area (Å²) in [6, 6.07) is 7.47. The molecule has 0 aliphatic heterocycles. The van der Waals surface area contributed by atoms with Gasteiger partial charge < -0.3 is 15.1 Å². The Morgan fingerprint density at radius 3 is 3.05 bits per heavy atom. The molecule has 2 rings (SSSR count). The van der Waals surface area contributed by atoms with Crippen molar-refractivity contribution in [3.8, 4) is 0 Å².